The van der Waals surface area contributed by atoms with Crippen molar-refractivity contribution < 1.29 is 9.53 Å². The predicted octanol–water partition coefficient (Wildman–Crippen LogP) is 2.30. The molecule has 2 rings (SSSR count). The summed E-state index contributed by atoms with van der Waals surface area (Å²) >= 11 is 0. The summed E-state index contributed by atoms with van der Waals surface area (Å²) in [5.74, 6) is 0.740. The summed E-state index contributed by atoms with van der Waals surface area (Å²) in [6.45, 7) is 0. The molecule has 1 heterocycles. The van der Waals surface area contributed by atoms with E-state index in [-0.39, 0.29) is 0 Å². The number of carbonyl (C=O) groups excluding carboxylic acids is 1. The second-order valence-electron chi connectivity index (χ2n) is 3.13. The minimum atomic E-state index is 0.645. The highest BCUT2D eigenvalue weighted by molar-refractivity contribution is 5.81. The standard InChI is InChI=1S/C12H11NO2/c1-15-11-5-4-10(9-14)12(8-11)13-6-2-3-7-13/h2-9H,1H3. The van der Waals surface area contributed by atoms with Gasteiger partial charge in [0.05, 0.1) is 12.8 Å². The predicted molar refractivity (Wildman–Crippen MR) is 57.7 cm³/mol. The molecule has 0 amide bonds. The van der Waals surface area contributed by atoms with Crippen molar-refractivity contribution in [3.05, 3.63) is 48.3 Å². The van der Waals surface area contributed by atoms with Gasteiger partial charge in [0.2, 0.25) is 0 Å². The lowest BCUT2D eigenvalue weighted by Crippen LogP contribution is -1.97. The van der Waals surface area contributed by atoms with Gasteiger partial charge in [-0.3, -0.25) is 4.79 Å². The summed E-state index contributed by atoms with van der Waals surface area (Å²) in [6, 6.07) is 9.18. The molecule has 1 aromatic heterocycles. The van der Waals surface area contributed by atoms with Gasteiger partial charge in [-0.05, 0) is 24.3 Å². The van der Waals surface area contributed by atoms with Gasteiger partial charge in [0.15, 0.2) is 6.29 Å². The van der Waals surface area contributed by atoms with Crippen molar-refractivity contribution in [1.82, 2.24) is 4.57 Å². The van der Waals surface area contributed by atoms with Crippen LogP contribution in [0.2, 0.25) is 0 Å². The third kappa shape index (κ3) is 1.76. The van der Waals surface area contributed by atoms with Gasteiger partial charge in [0.25, 0.3) is 0 Å². The van der Waals surface area contributed by atoms with Crippen LogP contribution in [0.25, 0.3) is 5.69 Å². The van der Waals surface area contributed by atoms with Crippen LogP contribution in [0.4, 0.5) is 0 Å². The minimum absolute atomic E-state index is 0.645. The number of nitrogens with zero attached hydrogens (tertiary/aromatic N) is 1. The summed E-state index contributed by atoms with van der Waals surface area (Å²) in [5, 5.41) is 0. The summed E-state index contributed by atoms with van der Waals surface area (Å²) in [4.78, 5) is 10.9. The molecule has 0 atom stereocenters. The monoisotopic (exact) mass is 201 g/mol. The molecule has 0 saturated heterocycles. The number of methoxy groups -OCH3 is 1. The van der Waals surface area contributed by atoms with Gasteiger partial charge in [-0.15, -0.1) is 0 Å². The van der Waals surface area contributed by atoms with Gasteiger partial charge in [0, 0.05) is 24.0 Å². The second-order valence-corrected chi connectivity index (χ2v) is 3.13. The summed E-state index contributed by atoms with van der Waals surface area (Å²) in [6.07, 6.45) is 4.62. The van der Waals surface area contributed by atoms with E-state index in [0.29, 0.717) is 5.56 Å². The molecule has 15 heavy (non-hydrogen) atoms. The minimum Gasteiger partial charge on any atom is -0.497 e. The van der Waals surface area contributed by atoms with Crippen molar-refractivity contribution in [3.8, 4) is 11.4 Å². The van der Waals surface area contributed by atoms with Gasteiger partial charge < -0.3 is 9.30 Å². The molecule has 0 radical (unpaired) electrons. The zero-order valence-electron chi connectivity index (χ0n) is 8.38. The topological polar surface area (TPSA) is 31.2 Å². The number of hydrogen-bond donors (Lipinski definition) is 0. The van der Waals surface area contributed by atoms with E-state index in [9.17, 15) is 4.79 Å². The molecule has 3 nitrogen and oxygen atoms in total. The van der Waals surface area contributed by atoms with Crippen LogP contribution < -0.4 is 4.74 Å². The molecule has 0 fully saturated rings. The second kappa shape index (κ2) is 4.00. The van der Waals surface area contributed by atoms with E-state index in [2.05, 4.69) is 0 Å². The summed E-state index contributed by atoms with van der Waals surface area (Å²) in [7, 11) is 1.61. The quantitative estimate of drug-likeness (QED) is 0.713. The van der Waals surface area contributed by atoms with E-state index in [0.717, 1.165) is 17.7 Å². The first-order chi connectivity index (χ1) is 7.35. The van der Waals surface area contributed by atoms with Gasteiger partial charge in [-0.2, -0.15) is 0 Å². The van der Waals surface area contributed by atoms with Crippen LogP contribution in [0.1, 0.15) is 10.4 Å². The van der Waals surface area contributed by atoms with E-state index in [4.69, 9.17) is 4.74 Å². The van der Waals surface area contributed by atoms with Crippen molar-refractivity contribution >= 4 is 6.29 Å². The van der Waals surface area contributed by atoms with Crippen molar-refractivity contribution in [2.45, 2.75) is 0 Å². The maximum Gasteiger partial charge on any atom is 0.152 e. The Morgan fingerprint density at radius 1 is 1.27 bits per heavy atom. The Labute approximate surface area is 87.9 Å². The Morgan fingerprint density at radius 2 is 2.00 bits per heavy atom. The maximum atomic E-state index is 10.9. The highest BCUT2D eigenvalue weighted by Gasteiger charge is 2.04. The molecule has 0 unspecified atom stereocenters. The number of hydrogen-bond acceptors (Lipinski definition) is 2. The number of carbonyl (C=O) groups is 1. The fourth-order valence-corrected chi connectivity index (χ4v) is 1.47. The molecule has 0 bridgehead atoms. The molecule has 3 heteroatoms. The molecule has 0 aliphatic carbocycles. The average Bonchev–Trinajstić information content (AvgIpc) is 2.81. The first-order valence-corrected chi connectivity index (χ1v) is 4.61. The van der Waals surface area contributed by atoms with Crippen LogP contribution in [0.15, 0.2) is 42.7 Å². The van der Waals surface area contributed by atoms with E-state index < -0.39 is 0 Å². The molecule has 1 aromatic carbocycles. The number of aromatic nitrogens is 1. The number of benzene rings is 1. The Balaban J connectivity index is 2.56. The lowest BCUT2D eigenvalue weighted by molar-refractivity contribution is 0.112. The molecule has 0 saturated carbocycles. The van der Waals surface area contributed by atoms with Crippen LogP contribution in [0.5, 0.6) is 5.75 Å². The zero-order chi connectivity index (χ0) is 10.7. The molecule has 0 aliphatic rings. The Hall–Kier alpha value is -2.03. The van der Waals surface area contributed by atoms with Crippen LogP contribution in [0, 0.1) is 0 Å². The number of aldehydes is 1. The molecule has 0 spiro atoms. The maximum absolute atomic E-state index is 10.9. The molecule has 76 valence electrons. The molecular formula is C12H11NO2. The first-order valence-electron chi connectivity index (χ1n) is 4.61. The van der Waals surface area contributed by atoms with Crippen molar-refractivity contribution in [2.75, 3.05) is 7.11 Å². The highest BCUT2D eigenvalue weighted by atomic mass is 16.5. The van der Waals surface area contributed by atoms with E-state index in [1.54, 1.807) is 19.2 Å². The van der Waals surface area contributed by atoms with E-state index in [1.807, 2.05) is 35.2 Å². The van der Waals surface area contributed by atoms with Crippen LogP contribution >= 0.6 is 0 Å². The normalized spacial score (nSPS) is 9.93. The average molecular weight is 201 g/mol. The van der Waals surface area contributed by atoms with Gasteiger partial charge >= 0.3 is 0 Å². The largest absolute Gasteiger partial charge is 0.497 e. The molecule has 0 N–H and O–H groups in total. The summed E-state index contributed by atoms with van der Waals surface area (Å²) < 4.78 is 7.00. The Morgan fingerprint density at radius 3 is 2.60 bits per heavy atom. The van der Waals surface area contributed by atoms with Crippen molar-refractivity contribution in [1.29, 1.82) is 0 Å². The molecule has 0 aliphatic heterocycles. The Bertz CT molecular complexity index is 460. The SMILES string of the molecule is COc1ccc(C=O)c(-n2cccc2)c1. The van der Waals surface area contributed by atoms with Crippen molar-refractivity contribution in [2.24, 2.45) is 0 Å². The highest BCUT2D eigenvalue weighted by Crippen LogP contribution is 2.20. The van der Waals surface area contributed by atoms with Crippen LogP contribution in [-0.2, 0) is 0 Å². The van der Waals surface area contributed by atoms with Gasteiger partial charge in [-0.25, -0.2) is 0 Å². The lowest BCUT2D eigenvalue weighted by Gasteiger charge is -2.08. The smallest absolute Gasteiger partial charge is 0.152 e. The zero-order valence-corrected chi connectivity index (χ0v) is 8.38. The van der Waals surface area contributed by atoms with Crippen LogP contribution in [0.3, 0.4) is 0 Å². The third-order valence-electron chi connectivity index (χ3n) is 2.25. The number of ether oxygens (including phenoxy) is 1. The number of rotatable bonds is 3. The summed E-state index contributed by atoms with van der Waals surface area (Å²) in [5.41, 5.74) is 1.47. The van der Waals surface area contributed by atoms with Crippen molar-refractivity contribution in [3.63, 3.8) is 0 Å². The van der Waals surface area contributed by atoms with Gasteiger partial charge in [-0.1, -0.05) is 0 Å². The lowest BCUT2D eigenvalue weighted by atomic mass is 10.2. The fraction of sp³-hybridized carbons (Fsp3) is 0.0833. The first kappa shape index (κ1) is 9.52. The fourth-order valence-electron chi connectivity index (χ4n) is 1.47. The molecule has 2 aromatic rings. The van der Waals surface area contributed by atoms with E-state index in [1.165, 1.54) is 0 Å². The Kier molecular flexibility index (Phi) is 2.54. The van der Waals surface area contributed by atoms with Gasteiger partial charge in [0.1, 0.15) is 5.75 Å². The molecular weight excluding hydrogens is 190 g/mol. The van der Waals surface area contributed by atoms with Crippen LogP contribution in [-0.4, -0.2) is 18.0 Å². The van der Waals surface area contributed by atoms with E-state index >= 15 is 0 Å². The third-order valence-corrected chi connectivity index (χ3v) is 2.25.